The van der Waals surface area contributed by atoms with E-state index in [4.69, 9.17) is 9.47 Å². The Hall–Kier alpha value is -4.12. The zero-order valence-corrected chi connectivity index (χ0v) is 24.8. The highest BCUT2D eigenvalue weighted by atomic mass is 32.2. The summed E-state index contributed by atoms with van der Waals surface area (Å²) in [5.41, 5.74) is 1.63. The summed E-state index contributed by atoms with van der Waals surface area (Å²) in [4.78, 5) is 29.2. The summed E-state index contributed by atoms with van der Waals surface area (Å²) in [5, 5.41) is 2.97. The summed E-state index contributed by atoms with van der Waals surface area (Å²) in [6.07, 6.45) is 1.89. The van der Waals surface area contributed by atoms with E-state index in [2.05, 4.69) is 5.32 Å². The molecule has 0 aromatic heterocycles. The Bertz CT molecular complexity index is 1480. The molecule has 9 nitrogen and oxygen atoms in total. The van der Waals surface area contributed by atoms with Crippen molar-refractivity contribution in [2.45, 2.75) is 45.3 Å². The number of rotatable bonds is 12. The molecule has 3 aromatic carbocycles. The van der Waals surface area contributed by atoms with Gasteiger partial charge in [-0.05, 0) is 48.7 Å². The lowest BCUT2D eigenvalue weighted by molar-refractivity contribution is -0.140. The van der Waals surface area contributed by atoms with Crippen LogP contribution < -0.4 is 19.1 Å². The number of carbonyl (C=O) groups excluding carboxylic acids is 2. The second kappa shape index (κ2) is 13.7. The van der Waals surface area contributed by atoms with E-state index < -0.39 is 34.3 Å². The summed E-state index contributed by atoms with van der Waals surface area (Å²) in [6, 6.07) is 18.5. The van der Waals surface area contributed by atoms with Crippen molar-refractivity contribution in [1.82, 2.24) is 10.2 Å². The molecule has 0 saturated heterocycles. The van der Waals surface area contributed by atoms with Crippen molar-refractivity contribution >= 4 is 27.5 Å². The molecule has 0 radical (unpaired) electrons. The van der Waals surface area contributed by atoms with Crippen LogP contribution in [0.25, 0.3) is 0 Å². The zero-order valence-electron chi connectivity index (χ0n) is 24.0. The highest BCUT2D eigenvalue weighted by molar-refractivity contribution is 7.92. The van der Waals surface area contributed by atoms with Crippen molar-refractivity contribution < 1.29 is 31.9 Å². The maximum Gasteiger partial charge on any atom is 0.244 e. The van der Waals surface area contributed by atoms with Crippen molar-refractivity contribution in [2.75, 3.05) is 30.3 Å². The Kier molecular flexibility index (Phi) is 10.1. The second-order valence-electron chi connectivity index (χ2n) is 10.3. The third-order valence-electron chi connectivity index (χ3n) is 7.03. The van der Waals surface area contributed by atoms with Crippen LogP contribution in [0.2, 0.25) is 0 Å². The Balaban J connectivity index is 1.73. The minimum atomic E-state index is -3.94. The lowest BCUT2D eigenvalue weighted by atomic mass is 10.0. The number of hydrogen-bond acceptors (Lipinski definition) is 6. The summed E-state index contributed by atoms with van der Waals surface area (Å²) >= 11 is 0. The Morgan fingerprint density at radius 2 is 1.62 bits per heavy atom. The van der Waals surface area contributed by atoms with E-state index in [0.29, 0.717) is 36.7 Å². The van der Waals surface area contributed by atoms with Gasteiger partial charge in [-0.2, -0.15) is 0 Å². The number of hydrogen-bond donors (Lipinski definition) is 1. The number of fused-ring (bicyclic) bond motifs is 1. The van der Waals surface area contributed by atoms with E-state index in [1.165, 1.54) is 35.2 Å². The molecule has 1 aliphatic heterocycles. The number of nitrogens with zero attached hydrogens (tertiary/aromatic N) is 2. The summed E-state index contributed by atoms with van der Waals surface area (Å²) in [6.45, 7) is 3.89. The standard InChI is InChI=1S/C31H36FN3O6S/c1-4-22(2)33-31(37)27(18-23-8-6-5-7-9-23)34(20-24-10-12-25(32)13-11-24)30(36)21-35(42(3,38)39)26-14-15-28-29(19-26)41-17-16-40-28/h5-15,19,22,27H,4,16-18,20-21H2,1-3H3,(H,33,37)/t22-,27-/m1/s1. The van der Waals surface area contributed by atoms with Gasteiger partial charge in [-0.25, -0.2) is 12.8 Å². The molecule has 42 heavy (non-hydrogen) atoms. The number of ether oxygens (including phenoxy) is 2. The first-order valence-corrected chi connectivity index (χ1v) is 15.7. The Morgan fingerprint density at radius 3 is 2.26 bits per heavy atom. The first-order chi connectivity index (χ1) is 20.0. The van der Waals surface area contributed by atoms with Crippen LogP contribution in [0.4, 0.5) is 10.1 Å². The van der Waals surface area contributed by atoms with Crippen molar-refractivity contribution in [3.8, 4) is 11.5 Å². The van der Waals surface area contributed by atoms with Crippen LogP contribution in [0.3, 0.4) is 0 Å². The topological polar surface area (TPSA) is 105 Å². The normalized spacial score (nSPS) is 14.0. The molecular weight excluding hydrogens is 561 g/mol. The smallest absolute Gasteiger partial charge is 0.244 e. The highest BCUT2D eigenvalue weighted by Gasteiger charge is 2.33. The lowest BCUT2D eigenvalue weighted by Crippen LogP contribution is -2.54. The molecule has 0 bridgehead atoms. The SMILES string of the molecule is CC[C@@H](C)NC(=O)[C@@H](Cc1ccccc1)N(Cc1ccc(F)cc1)C(=O)CN(c1ccc2c(c1)OCCO2)S(C)(=O)=O. The second-order valence-corrected chi connectivity index (χ2v) is 12.2. The van der Waals surface area contributed by atoms with Crippen molar-refractivity contribution in [3.63, 3.8) is 0 Å². The van der Waals surface area contributed by atoms with Crippen molar-refractivity contribution in [2.24, 2.45) is 0 Å². The van der Waals surface area contributed by atoms with Gasteiger partial charge in [-0.15, -0.1) is 0 Å². The fraction of sp³-hybridized carbons (Fsp3) is 0.355. The van der Waals surface area contributed by atoms with Gasteiger partial charge in [0.25, 0.3) is 0 Å². The first kappa shape index (κ1) is 30.8. The molecule has 2 atom stereocenters. The van der Waals surface area contributed by atoms with E-state index in [1.54, 1.807) is 12.1 Å². The van der Waals surface area contributed by atoms with E-state index >= 15 is 0 Å². The van der Waals surface area contributed by atoms with Gasteiger partial charge in [0.1, 0.15) is 31.6 Å². The molecule has 4 rings (SSSR count). The van der Waals surface area contributed by atoms with Gasteiger partial charge in [-0.1, -0.05) is 49.4 Å². The molecule has 0 saturated carbocycles. The maximum atomic E-state index is 14.1. The molecule has 1 aliphatic rings. The van der Waals surface area contributed by atoms with Crippen LogP contribution in [-0.2, 0) is 32.6 Å². The van der Waals surface area contributed by atoms with Gasteiger partial charge in [0.05, 0.1) is 11.9 Å². The summed E-state index contributed by atoms with van der Waals surface area (Å²) in [7, 11) is -3.94. The van der Waals surface area contributed by atoms with Crippen molar-refractivity contribution in [1.29, 1.82) is 0 Å². The van der Waals surface area contributed by atoms with Crippen LogP contribution in [-0.4, -0.2) is 63.2 Å². The van der Waals surface area contributed by atoms with Crippen LogP contribution in [0, 0.1) is 5.82 Å². The predicted octanol–water partition coefficient (Wildman–Crippen LogP) is 3.92. The summed E-state index contributed by atoms with van der Waals surface area (Å²) < 4.78 is 51.9. The molecule has 3 aromatic rings. The van der Waals surface area contributed by atoms with Gasteiger partial charge >= 0.3 is 0 Å². The van der Waals surface area contributed by atoms with Gasteiger partial charge in [0.15, 0.2) is 11.5 Å². The van der Waals surface area contributed by atoms with E-state index in [1.807, 2.05) is 44.2 Å². The Morgan fingerprint density at radius 1 is 0.952 bits per heavy atom. The molecule has 0 fully saturated rings. The number of carbonyl (C=O) groups is 2. The van der Waals surface area contributed by atoms with Gasteiger partial charge < -0.3 is 19.7 Å². The maximum absolute atomic E-state index is 14.1. The lowest BCUT2D eigenvalue weighted by Gasteiger charge is -2.34. The number of benzene rings is 3. The molecule has 2 amide bonds. The quantitative estimate of drug-likeness (QED) is 0.340. The van der Waals surface area contributed by atoms with E-state index in [-0.39, 0.29) is 30.6 Å². The minimum Gasteiger partial charge on any atom is -0.486 e. The third kappa shape index (κ3) is 8.00. The van der Waals surface area contributed by atoms with Crippen LogP contribution >= 0.6 is 0 Å². The zero-order chi connectivity index (χ0) is 30.3. The number of anilines is 1. The van der Waals surface area contributed by atoms with Gasteiger partial charge in [0.2, 0.25) is 21.8 Å². The van der Waals surface area contributed by atoms with Crippen LogP contribution in [0.15, 0.2) is 72.8 Å². The highest BCUT2D eigenvalue weighted by Crippen LogP contribution is 2.34. The van der Waals surface area contributed by atoms with Crippen LogP contribution in [0.5, 0.6) is 11.5 Å². The monoisotopic (exact) mass is 597 g/mol. The summed E-state index contributed by atoms with van der Waals surface area (Å²) in [5.74, 6) is -0.548. The molecule has 11 heteroatoms. The fourth-order valence-corrected chi connectivity index (χ4v) is 5.42. The fourth-order valence-electron chi connectivity index (χ4n) is 4.58. The van der Waals surface area contributed by atoms with Crippen molar-refractivity contribution in [3.05, 3.63) is 89.7 Å². The van der Waals surface area contributed by atoms with Gasteiger partial charge in [-0.3, -0.25) is 13.9 Å². The van der Waals surface area contributed by atoms with E-state index in [0.717, 1.165) is 16.1 Å². The van der Waals surface area contributed by atoms with Crippen LogP contribution in [0.1, 0.15) is 31.4 Å². The molecule has 0 spiro atoms. The number of nitrogens with one attached hydrogen (secondary N) is 1. The molecule has 0 aliphatic carbocycles. The minimum absolute atomic E-state index is 0.0384. The molecule has 0 unspecified atom stereocenters. The Labute approximate surface area is 246 Å². The average Bonchev–Trinajstić information content (AvgIpc) is 2.98. The largest absolute Gasteiger partial charge is 0.486 e. The molecular formula is C31H36FN3O6S. The third-order valence-corrected chi connectivity index (χ3v) is 8.17. The number of amides is 2. The molecule has 1 N–H and O–H groups in total. The molecule has 224 valence electrons. The first-order valence-electron chi connectivity index (χ1n) is 13.8. The van der Waals surface area contributed by atoms with E-state index in [9.17, 15) is 22.4 Å². The number of sulfonamides is 1. The predicted molar refractivity (Wildman–Crippen MR) is 158 cm³/mol. The molecule has 1 heterocycles. The van der Waals surface area contributed by atoms with Gasteiger partial charge in [0, 0.05) is 25.1 Å². The number of halogens is 1. The average molecular weight is 598 g/mol.